The number of ketones is 2. The summed E-state index contributed by atoms with van der Waals surface area (Å²) in [4.78, 5) is 29.7. The van der Waals surface area contributed by atoms with Crippen LogP contribution in [0.4, 0.5) is 0 Å². The van der Waals surface area contributed by atoms with Gasteiger partial charge in [-0.05, 0) is 35.3 Å². The average Bonchev–Trinajstić information content (AvgIpc) is 2.45. The Kier molecular flexibility index (Phi) is 5.07. The normalized spacial score (nSPS) is 16.6. The molecule has 0 bridgehead atoms. The van der Waals surface area contributed by atoms with Crippen LogP contribution >= 0.6 is 0 Å². The van der Waals surface area contributed by atoms with Crippen LogP contribution in [0.25, 0.3) is 0 Å². The summed E-state index contributed by atoms with van der Waals surface area (Å²) in [5.41, 5.74) is 4.82. The maximum absolute atomic E-state index is 12.8. The number of fused-ring (bicyclic) bond motifs is 1. The Hall–Kier alpha value is -1.51. The summed E-state index contributed by atoms with van der Waals surface area (Å²) in [6.45, 7) is 12.5. The number of carbonyl (C=O) groups is 2. The van der Waals surface area contributed by atoms with Gasteiger partial charge in [0.1, 0.15) is 5.78 Å². The van der Waals surface area contributed by atoms with E-state index in [1.807, 2.05) is 6.92 Å². The molecule has 0 amide bonds. The second-order valence-corrected chi connectivity index (χ2v) is 7.79. The van der Waals surface area contributed by atoms with Crippen LogP contribution in [0.5, 0.6) is 0 Å². The predicted molar refractivity (Wildman–Crippen MR) is 93.1 cm³/mol. The van der Waals surface area contributed by atoms with Gasteiger partial charge in [0.2, 0.25) is 0 Å². The van der Waals surface area contributed by atoms with Crippen molar-refractivity contribution in [3.05, 3.63) is 28.1 Å². The third-order valence-electron chi connectivity index (χ3n) is 4.75. The lowest BCUT2D eigenvalue weighted by Crippen LogP contribution is -2.31. The lowest BCUT2D eigenvalue weighted by molar-refractivity contribution is -0.118. The van der Waals surface area contributed by atoms with Crippen LogP contribution in [0, 0.1) is 5.41 Å². The van der Waals surface area contributed by atoms with E-state index in [4.69, 9.17) is 4.98 Å². The lowest BCUT2D eigenvalue weighted by atomic mass is 9.72. The molecule has 2 rings (SSSR count). The first-order valence-electron chi connectivity index (χ1n) is 8.79. The number of hydrogen-bond donors (Lipinski definition) is 0. The lowest BCUT2D eigenvalue weighted by Gasteiger charge is -2.33. The number of aryl methyl sites for hydroxylation is 1. The molecule has 1 aliphatic rings. The van der Waals surface area contributed by atoms with Gasteiger partial charge in [-0.15, -0.1) is 0 Å². The van der Waals surface area contributed by atoms with E-state index >= 15 is 0 Å². The standard InChI is InChI=1S/C20H29NO2/c1-7-13(22)9-14-15(8-2)21-16-10-20(5,6)11-17(23)19(16)18(14)12(3)4/h12H,7-11H2,1-6H3. The number of carbonyl (C=O) groups excluding carboxylic acids is 2. The maximum Gasteiger partial charge on any atom is 0.165 e. The van der Waals surface area contributed by atoms with Crippen LogP contribution in [-0.2, 0) is 24.1 Å². The van der Waals surface area contributed by atoms with Gasteiger partial charge in [0.25, 0.3) is 0 Å². The topological polar surface area (TPSA) is 47.0 Å². The molecule has 0 saturated carbocycles. The number of hydrogen-bond acceptors (Lipinski definition) is 3. The van der Waals surface area contributed by atoms with Crippen LogP contribution in [0.2, 0.25) is 0 Å². The number of pyridine rings is 1. The average molecular weight is 315 g/mol. The van der Waals surface area contributed by atoms with E-state index in [9.17, 15) is 9.59 Å². The molecule has 0 aromatic carbocycles. The quantitative estimate of drug-likeness (QED) is 0.806. The second-order valence-electron chi connectivity index (χ2n) is 7.79. The Morgan fingerprint density at radius 1 is 1.22 bits per heavy atom. The third kappa shape index (κ3) is 3.54. The fourth-order valence-corrected chi connectivity index (χ4v) is 3.67. The number of aromatic nitrogens is 1. The van der Waals surface area contributed by atoms with Crippen molar-refractivity contribution < 1.29 is 9.59 Å². The minimum absolute atomic E-state index is 0.0307. The van der Waals surface area contributed by atoms with E-state index in [0.717, 1.165) is 40.9 Å². The Balaban J connectivity index is 2.71. The molecule has 3 nitrogen and oxygen atoms in total. The molecule has 1 aromatic heterocycles. The molecular formula is C20H29NO2. The van der Waals surface area contributed by atoms with Crippen LogP contribution in [0.3, 0.4) is 0 Å². The Labute approximate surface area is 139 Å². The minimum atomic E-state index is -0.0307. The number of rotatable bonds is 5. The van der Waals surface area contributed by atoms with Gasteiger partial charge in [-0.2, -0.15) is 0 Å². The summed E-state index contributed by atoms with van der Waals surface area (Å²) in [5.74, 6) is 0.633. The van der Waals surface area contributed by atoms with Crippen molar-refractivity contribution in [3.63, 3.8) is 0 Å². The van der Waals surface area contributed by atoms with Crippen molar-refractivity contribution in [2.75, 3.05) is 0 Å². The maximum atomic E-state index is 12.8. The monoisotopic (exact) mass is 315 g/mol. The highest BCUT2D eigenvalue weighted by molar-refractivity contribution is 6.01. The first kappa shape index (κ1) is 17.8. The molecule has 0 saturated heterocycles. The zero-order valence-corrected chi connectivity index (χ0v) is 15.4. The third-order valence-corrected chi connectivity index (χ3v) is 4.75. The van der Waals surface area contributed by atoms with Gasteiger partial charge in [-0.25, -0.2) is 0 Å². The van der Waals surface area contributed by atoms with E-state index in [1.165, 1.54) is 0 Å². The summed E-state index contributed by atoms with van der Waals surface area (Å²) in [7, 11) is 0. The second kappa shape index (κ2) is 6.54. The minimum Gasteiger partial charge on any atom is -0.299 e. The Morgan fingerprint density at radius 3 is 2.39 bits per heavy atom. The highest BCUT2D eigenvalue weighted by Crippen LogP contribution is 2.39. The molecule has 23 heavy (non-hydrogen) atoms. The summed E-state index contributed by atoms with van der Waals surface area (Å²) < 4.78 is 0. The van der Waals surface area contributed by atoms with Crippen LogP contribution in [0.15, 0.2) is 0 Å². The van der Waals surface area contributed by atoms with E-state index in [1.54, 1.807) is 0 Å². The van der Waals surface area contributed by atoms with Gasteiger partial charge in [-0.3, -0.25) is 14.6 Å². The molecule has 0 radical (unpaired) electrons. The molecule has 1 aromatic rings. The first-order valence-corrected chi connectivity index (χ1v) is 8.79. The zero-order chi connectivity index (χ0) is 17.4. The Bertz CT molecular complexity index is 642. The van der Waals surface area contributed by atoms with Crippen molar-refractivity contribution >= 4 is 11.6 Å². The van der Waals surface area contributed by atoms with Crippen LogP contribution in [-0.4, -0.2) is 16.6 Å². The van der Waals surface area contributed by atoms with Gasteiger partial charge >= 0.3 is 0 Å². The molecule has 1 aliphatic carbocycles. The molecule has 3 heteroatoms. The zero-order valence-electron chi connectivity index (χ0n) is 15.4. The largest absolute Gasteiger partial charge is 0.299 e. The SMILES string of the molecule is CCC(=O)Cc1c(CC)nc2c(c1C(C)C)C(=O)CC(C)(C)C2. The molecule has 0 aliphatic heterocycles. The predicted octanol–water partition coefficient (Wildman–Crippen LogP) is 4.44. The highest BCUT2D eigenvalue weighted by Gasteiger charge is 2.35. The molecule has 126 valence electrons. The molecule has 0 fully saturated rings. The molecule has 1 heterocycles. The number of nitrogens with zero attached hydrogens (tertiary/aromatic N) is 1. The fraction of sp³-hybridized carbons (Fsp3) is 0.650. The fourth-order valence-electron chi connectivity index (χ4n) is 3.67. The van der Waals surface area contributed by atoms with Crippen molar-refractivity contribution in [2.24, 2.45) is 5.41 Å². The van der Waals surface area contributed by atoms with Crippen molar-refractivity contribution in [2.45, 2.75) is 79.6 Å². The van der Waals surface area contributed by atoms with Crippen LogP contribution in [0.1, 0.15) is 93.2 Å². The number of Topliss-reactive ketones (excluding diaryl/α,β-unsaturated/α-hetero) is 2. The van der Waals surface area contributed by atoms with Gasteiger partial charge in [0.15, 0.2) is 5.78 Å². The summed E-state index contributed by atoms with van der Waals surface area (Å²) in [6.07, 6.45) is 3.13. The molecule has 0 unspecified atom stereocenters. The van der Waals surface area contributed by atoms with E-state index < -0.39 is 0 Å². The summed E-state index contributed by atoms with van der Waals surface area (Å²) >= 11 is 0. The van der Waals surface area contributed by atoms with E-state index in [0.29, 0.717) is 19.3 Å². The van der Waals surface area contributed by atoms with Gasteiger partial charge in [0, 0.05) is 30.5 Å². The first-order chi connectivity index (χ1) is 10.7. The molecule has 0 atom stereocenters. The van der Waals surface area contributed by atoms with Crippen molar-refractivity contribution in [1.82, 2.24) is 4.98 Å². The highest BCUT2D eigenvalue weighted by atomic mass is 16.1. The molecular weight excluding hydrogens is 286 g/mol. The Morgan fingerprint density at radius 2 is 1.87 bits per heavy atom. The smallest absolute Gasteiger partial charge is 0.165 e. The van der Waals surface area contributed by atoms with Gasteiger partial charge in [-0.1, -0.05) is 41.5 Å². The van der Waals surface area contributed by atoms with Crippen LogP contribution < -0.4 is 0 Å². The molecule has 0 N–H and O–H groups in total. The van der Waals surface area contributed by atoms with E-state index in [2.05, 4.69) is 34.6 Å². The summed E-state index contributed by atoms with van der Waals surface area (Å²) in [5, 5.41) is 0. The van der Waals surface area contributed by atoms with E-state index in [-0.39, 0.29) is 22.9 Å². The van der Waals surface area contributed by atoms with Gasteiger partial charge in [0.05, 0.1) is 5.69 Å². The van der Waals surface area contributed by atoms with Crippen molar-refractivity contribution in [1.29, 1.82) is 0 Å². The summed E-state index contributed by atoms with van der Waals surface area (Å²) in [6, 6.07) is 0. The van der Waals surface area contributed by atoms with Crippen molar-refractivity contribution in [3.8, 4) is 0 Å². The van der Waals surface area contributed by atoms with Gasteiger partial charge < -0.3 is 0 Å². The molecule has 0 spiro atoms.